The molecule has 0 saturated heterocycles. The summed E-state index contributed by atoms with van der Waals surface area (Å²) in [6, 6.07) is 17.3. The van der Waals surface area contributed by atoms with Gasteiger partial charge >= 0.3 is 0 Å². The second kappa shape index (κ2) is 3.86. The Kier molecular flexibility index (Phi) is 2.16. The van der Waals surface area contributed by atoms with E-state index >= 15 is 0 Å². The van der Waals surface area contributed by atoms with Crippen LogP contribution < -0.4 is 0 Å². The van der Waals surface area contributed by atoms with Crippen molar-refractivity contribution in [3.8, 4) is 5.69 Å². The second-order valence-electron chi connectivity index (χ2n) is 5.26. The number of nitrogens with zero attached hydrogens (tertiary/aromatic N) is 1. The molecule has 19 heavy (non-hydrogen) atoms. The Morgan fingerprint density at radius 3 is 2.79 bits per heavy atom. The molecule has 0 N–H and O–H groups in total. The summed E-state index contributed by atoms with van der Waals surface area (Å²) >= 11 is 0. The molecule has 1 heterocycles. The molecule has 0 spiro atoms. The van der Waals surface area contributed by atoms with Crippen molar-refractivity contribution in [3.05, 3.63) is 71.4 Å². The van der Waals surface area contributed by atoms with Crippen LogP contribution in [0.5, 0.6) is 0 Å². The Labute approximate surface area is 112 Å². The Morgan fingerprint density at radius 2 is 1.84 bits per heavy atom. The van der Waals surface area contributed by atoms with E-state index < -0.39 is 0 Å². The molecule has 0 bridgehead atoms. The summed E-state index contributed by atoms with van der Waals surface area (Å²) in [7, 11) is 0. The standard InChI is InChI=1S/C18H15N/c1-13-11-15-6-4-8-18(16(15)12-13)19-10-9-14-5-2-3-7-17(14)19/h2-11H,12H2,1H3. The summed E-state index contributed by atoms with van der Waals surface area (Å²) in [5.74, 6) is 0. The van der Waals surface area contributed by atoms with Gasteiger partial charge in [-0.25, -0.2) is 0 Å². The average Bonchev–Trinajstić information content (AvgIpc) is 3.00. The van der Waals surface area contributed by atoms with Gasteiger partial charge < -0.3 is 4.57 Å². The molecule has 0 unspecified atom stereocenters. The van der Waals surface area contributed by atoms with Crippen LogP contribution in [-0.2, 0) is 6.42 Å². The van der Waals surface area contributed by atoms with Crippen molar-refractivity contribution in [1.82, 2.24) is 4.57 Å². The van der Waals surface area contributed by atoms with Gasteiger partial charge in [0, 0.05) is 11.9 Å². The molecule has 3 aromatic rings. The fraction of sp³-hybridized carbons (Fsp3) is 0.111. The van der Waals surface area contributed by atoms with E-state index in [0.29, 0.717) is 0 Å². The highest BCUT2D eigenvalue weighted by molar-refractivity contribution is 5.83. The summed E-state index contributed by atoms with van der Waals surface area (Å²) in [5.41, 5.74) is 6.85. The summed E-state index contributed by atoms with van der Waals surface area (Å²) in [5, 5.41) is 1.29. The Balaban J connectivity index is 1.98. The summed E-state index contributed by atoms with van der Waals surface area (Å²) in [4.78, 5) is 0. The quantitative estimate of drug-likeness (QED) is 0.591. The van der Waals surface area contributed by atoms with E-state index in [2.05, 4.69) is 72.3 Å². The van der Waals surface area contributed by atoms with Gasteiger partial charge in [-0.15, -0.1) is 0 Å². The van der Waals surface area contributed by atoms with Crippen LogP contribution >= 0.6 is 0 Å². The number of para-hydroxylation sites is 1. The minimum Gasteiger partial charge on any atom is -0.316 e. The number of allylic oxidation sites excluding steroid dienone is 1. The van der Waals surface area contributed by atoms with Crippen LogP contribution in [0.4, 0.5) is 0 Å². The monoisotopic (exact) mass is 245 g/mol. The molecule has 2 aromatic carbocycles. The molecule has 0 amide bonds. The fourth-order valence-electron chi connectivity index (χ4n) is 3.03. The van der Waals surface area contributed by atoms with E-state index in [1.54, 1.807) is 0 Å². The van der Waals surface area contributed by atoms with E-state index in [0.717, 1.165) is 6.42 Å². The maximum atomic E-state index is 2.31. The van der Waals surface area contributed by atoms with Crippen LogP contribution in [0.15, 0.2) is 60.3 Å². The SMILES string of the molecule is CC1=Cc2cccc(-n3ccc4ccccc43)c2C1. The number of benzene rings is 2. The van der Waals surface area contributed by atoms with Crippen LogP contribution in [0, 0.1) is 0 Å². The molecule has 0 radical (unpaired) electrons. The third kappa shape index (κ3) is 1.55. The summed E-state index contributed by atoms with van der Waals surface area (Å²) in [6.07, 6.45) is 5.54. The molecule has 1 heteroatoms. The van der Waals surface area contributed by atoms with Crippen molar-refractivity contribution in [2.75, 3.05) is 0 Å². The van der Waals surface area contributed by atoms with Gasteiger partial charge in [0.1, 0.15) is 0 Å². The number of hydrogen-bond acceptors (Lipinski definition) is 0. The van der Waals surface area contributed by atoms with E-state index in [4.69, 9.17) is 0 Å². The zero-order chi connectivity index (χ0) is 12.8. The topological polar surface area (TPSA) is 4.93 Å². The number of hydrogen-bond donors (Lipinski definition) is 0. The lowest BCUT2D eigenvalue weighted by molar-refractivity contribution is 1.07. The number of fused-ring (bicyclic) bond motifs is 2. The highest BCUT2D eigenvalue weighted by Crippen LogP contribution is 2.31. The van der Waals surface area contributed by atoms with E-state index in [1.807, 2.05) is 0 Å². The molecular weight excluding hydrogens is 230 g/mol. The summed E-state index contributed by atoms with van der Waals surface area (Å²) in [6.45, 7) is 2.21. The molecule has 1 aliphatic rings. The predicted molar refractivity (Wildman–Crippen MR) is 80.6 cm³/mol. The van der Waals surface area contributed by atoms with Gasteiger partial charge in [0.25, 0.3) is 0 Å². The largest absolute Gasteiger partial charge is 0.316 e. The van der Waals surface area contributed by atoms with E-state index in [9.17, 15) is 0 Å². The van der Waals surface area contributed by atoms with Gasteiger partial charge in [0.05, 0.1) is 5.52 Å². The molecule has 4 rings (SSSR count). The lowest BCUT2D eigenvalue weighted by Gasteiger charge is -2.11. The fourth-order valence-corrected chi connectivity index (χ4v) is 3.03. The first-order chi connectivity index (χ1) is 9.33. The van der Waals surface area contributed by atoms with Crippen molar-refractivity contribution in [3.63, 3.8) is 0 Å². The average molecular weight is 245 g/mol. The van der Waals surface area contributed by atoms with Crippen molar-refractivity contribution >= 4 is 17.0 Å². The Morgan fingerprint density at radius 1 is 0.947 bits per heavy atom. The molecule has 1 aromatic heterocycles. The lowest BCUT2D eigenvalue weighted by Crippen LogP contribution is -1.98. The van der Waals surface area contributed by atoms with Crippen LogP contribution in [0.25, 0.3) is 22.7 Å². The number of rotatable bonds is 1. The number of aromatic nitrogens is 1. The van der Waals surface area contributed by atoms with Crippen LogP contribution in [0.1, 0.15) is 18.1 Å². The molecule has 92 valence electrons. The molecule has 0 fully saturated rings. The lowest BCUT2D eigenvalue weighted by atomic mass is 10.1. The zero-order valence-corrected chi connectivity index (χ0v) is 10.9. The maximum Gasteiger partial charge on any atom is 0.0528 e. The molecule has 1 nitrogen and oxygen atoms in total. The van der Waals surface area contributed by atoms with Crippen LogP contribution in [0.2, 0.25) is 0 Å². The van der Waals surface area contributed by atoms with Gasteiger partial charge in [-0.1, -0.05) is 42.0 Å². The van der Waals surface area contributed by atoms with Gasteiger partial charge in [-0.05, 0) is 48.1 Å². The molecule has 0 saturated carbocycles. The van der Waals surface area contributed by atoms with Crippen molar-refractivity contribution < 1.29 is 0 Å². The highest BCUT2D eigenvalue weighted by atomic mass is 15.0. The van der Waals surface area contributed by atoms with Gasteiger partial charge in [-0.2, -0.15) is 0 Å². The maximum absolute atomic E-state index is 2.31. The minimum absolute atomic E-state index is 1.07. The van der Waals surface area contributed by atoms with Gasteiger partial charge in [0.15, 0.2) is 0 Å². The second-order valence-corrected chi connectivity index (χ2v) is 5.26. The first kappa shape index (κ1) is 10.6. The third-order valence-electron chi connectivity index (χ3n) is 3.90. The zero-order valence-electron chi connectivity index (χ0n) is 10.9. The normalized spacial score (nSPS) is 13.6. The first-order valence-corrected chi connectivity index (χ1v) is 6.68. The Bertz CT molecular complexity index is 805. The molecule has 0 atom stereocenters. The molecule has 0 aliphatic heterocycles. The molecular formula is C18H15N. The smallest absolute Gasteiger partial charge is 0.0528 e. The van der Waals surface area contributed by atoms with Gasteiger partial charge in [0.2, 0.25) is 0 Å². The third-order valence-corrected chi connectivity index (χ3v) is 3.90. The first-order valence-electron chi connectivity index (χ1n) is 6.68. The van der Waals surface area contributed by atoms with Crippen LogP contribution in [-0.4, -0.2) is 4.57 Å². The molecule has 1 aliphatic carbocycles. The minimum atomic E-state index is 1.07. The Hall–Kier alpha value is -2.28. The highest BCUT2D eigenvalue weighted by Gasteiger charge is 2.15. The van der Waals surface area contributed by atoms with E-state index in [-0.39, 0.29) is 0 Å². The van der Waals surface area contributed by atoms with E-state index in [1.165, 1.54) is 33.3 Å². The summed E-state index contributed by atoms with van der Waals surface area (Å²) < 4.78 is 2.31. The van der Waals surface area contributed by atoms with Crippen molar-refractivity contribution in [1.29, 1.82) is 0 Å². The van der Waals surface area contributed by atoms with Crippen molar-refractivity contribution in [2.24, 2.45) is 0 Å². The van der Waals surface area contributed by atoms with Gasteiger partial charge in [-0.3, -0.25) is 0 Å². The van der Waals surface area contributed by atoms with Crippen LogP contribution in [0.3, 0.4) is 0 Å². The predicted octanol–water partition coefficient (Wildman–Crippen LogP) is 4.59. The van der Waals surface area contributed by atoms with Crippen molar-refractivity contribution in [2.45, 2.75) is 13.3 Å².